The monoisotopic (exact) mass is 561 g/mol. The molecular formula is C31H29ClFN3O4. The molecule has 3 heterocycles. The molecule has 1 saturated carbocycles. The van der Waals surface area contributed by atoms with E-state index in [-0.39, 0.29) is 17.0 Å². The van der Waals surface area contributed by atoms with Crippen LogP contribution in [0.2, 0.25) is 5.02 Å². The number of benzene rings is 2. The predicted octanol–water partition coefficient (Wildman–Crippen LogP) is 6.59. The molecule has 0 bridgehead atoms. The van der Waals surface area contributed by atoms with Crippen molar-refractivity contribution >= 4 is 17.6 Å². The molecule has 0 amide bonds. The van der Waals surface area contributed by atoms with Crippen LogP contribution < -0.4 is 9.47 Å². The third-order valence-electron chi connectivity index (χ3n) is 8.32. The highest BCUT2D eigenvalue weighted by Crippen LogP contribution is 2.50. The topological polar surface area (TPSA) is 76.2 Å². The van der Waals surface area contributed by atoms with Gasteiger partial charge in [-0.2, -0.15) is 0 Å². The van der Waals surface area contributed by atoms with Crippen molar-refractivity contribution in [2.45, 2.75) is 62.8 Å². The summed E-state index contributed by atoms with van der Waals surface area (Å²) in [4.78, 5) is 22.2. The quantitative estimate of drug-likeness (QED) is 0.328. The minimum absolute atomic E-state index is 0.156. The smallest absolute Gasteiger partial charge is 0.337 e. The minimum Gasteiger partial charge on any atom is -0.478 e. The van der Waals surface area contributed by atoms with Crippen LogP contribution in [0.15, 0.2) is 48.7 Å². The number of aromatic nitrogens is 1. The Kier molecular flexibility index (Phi) is 6.68. The molecule has 0 unspecified atom stereocenters. The third kappa shape index (κ3) is 5.00. The van der Waals surface area contributed by atoms with E-state index in [1.165, 1.54) is 12.3 Å². The number of hydrogen-bond acceptors (Lipinski definition) is 5. The number of likely N-dealkylation sites (tertiary alicyclic amines) is 1. The SMILES string of the molecule is [C-]#[N+]C1(Cc2cc(C(=O)O)cnc2CN2CCC(c3cccc4c3O[C@@](C)(c3ccc(Cl)cc3F)O4)CC2)CC1. The van der Waals surface area contributed by atoms with E-state index < -0.39 is 23.1 Å². The lowest BCUT2D eigenvalue weighted by Gasteiger charge is -2.33. The van der Waals surface area contributed by atoms with Crippen molar-refractivity contribution in [3.8, 4) is 11.5 Å². The van der Waals surface area contributed by atoms with E-state index in [2.05, 4.69) is 20.8 Å². The van der Waals surface area contributed by atoms with Crippen molar-refractivity contribution in [3.63, 3.8) is 0 Å². The second-order valence-electron chi connectivity index (χ2n) is 11.1. The first-order valence-electron chi connectivity index (χ1n) is 13.5. The number of piperidine rings is 1. The molecular weight excluding hydrogens is 533 g/mol. The lowest BCUT2D eigenvalue weighted by atomic mass is 9.88. The Bertz CT molecular complexity index is 1530. The molecule has 7 nitrogen and oxygen atoms in total. The number of pyridine rings is 1. The zero-order valence-electron chi connectivity index (χ0n) is 22.1. The summed E-state index contributed by atoms with van der Waals surface area (Å²) < 4.78 is 27.2. The second kappa shape index (κ2) is 10.1. The fourth-order valence-electron chi connectivity index (χ4n) is 5.83. The number of halogens is 2. The molecule has 40 heavy (non-hydrogen) atoms. The maximum Gasteiger partial charge on any atom is 0.337 e. The van der Waals surface area contributed by atoms with Crippen molar-refractivity contribution in [1.29, 1.82) is 0 Å². The van der Waals surface area contributed by atoms with Gasteiger partial charge in [-0.25, -0.2) is 15.8 Å². The highest BCUT2D eigenvalue weighted by atomic mass is 35.5. The Morgan fingerprint density at radius 1 is 1.23 bits per heavy atom. The van der Waals surface area contributed by atoms with Crippen LogP contribution in [0.25, 0.3) is 4.85 Å². The van der Waals surface area contributed by atoms with Gasteiger partial charge in [0.2, 0.25) is 5.54 Å². The molecule has 1 atom stereocenters. The second-order valence-corrected chi connectivity index (χ2v) is 11.6. The molecule has 1 N–H and O–H groups in total. The maximum absolute atomic E-state index is 14.8. The van der Waals surface area contributed by atoms with Gasteiger partial charge < -0.3 is 19.4 Å². The molecule has 3 aromatic rings. The number of aromatic carboxylic acids is 1. The van der Waals surface area contributed by atoms with Gasteiger partial charge >= 0.3 is 5.97 Å². The molecule has 0 radical (unpaired) electrons. The molecule has 1 aliphatic carbocycles. The first kappa shape index (κ1) is 26.5. The standard InChI is InChI=1S/C31H29ClFN3O4/c1-30(24-7-6-22(32)15-25(24)33)39-27-5-3-4-23(28(27)40-30)19-8-12-36(13-9-19)18-26-20(16-31(34-2)10-11-31)14-21(17-35-26)29(37)38/h3-7,14-15,17,19H,8-13,16,18H2,1H3,(H,37,38)/t30-/m0/s1. The molecule has 206 valence electrons. The number of rotatable bonds is 7. The van der Waals surface area contributed by atoms with Crippen molar-refractivity contribution in [1.82, 2.24) is 9.88 Å². The summed E-state index contributed by atoms with van der Waals surface area (Å²) >= 11 is 5.95. The van der Waals surface area contributed by atoms with Crippen molar-refractivity contribution in [3.05, 3.63) is 98.9 Å². The summed E-state index contributed by atoms with van der Waals surface area (Å²) in [5.74, 6) is -1.29. The van der Waals surface area contributed by atoms with Gasteiger partial charge in [0.25, 0.3) is 5.79 Å². The van der Waals surface area contributed by atoms with Gasteiger partial charge in [0, 0.05) is 43.1 Å². The van der Waals surface area contributed by atoms with Gasteiger partial charge in [-0.1, -0.05) is 23.7 Å². The molecule has 2 aliphatic heterocycles. The predicted molar refractivity (Wildman–Crippen MR) is 147 cm³/mol. The van der Waals surface area contributed by atoms with Crippen LogP contribution in [0.5, 0.6) is 11.5 Å². The highest BCUT2D eigenvalue weighted by molar-refractivity contribution is 6.30. The first-order valence-corrected chi connectivity index (χ1v) is 13.8. The average molecular weight is 562 g/mol. The zero-order valence-corrected chi connectivity index (χ0v) is 22.9. The normalized spacial score (nSPS) is 21.6. The summed E-state index contributed by atoms with van der Waals surface area (Å²) in [6, 6.07) is 12.0. The van der Waals surface area contributed by atoms with Crippen LogP contribution in [-0.4, -0.2) is 39.6 Å². The molecule has 1 aromatic heterocycles. The fraction of sp³-hybridized carbons (Fsp3) is 0.387. The van der Waals surface area contributed by atoms with Gasteiger partial charge in [-0.05, 0) is 67.7 Å². The molecule has 9 heteroatoms. The number of fused-ring (bicyclic) bond motifs is 1. The van der Waals surface area contributed by atoms with Gasteiger partial charge in [0.15, 0.2) is 11.5 Å². The number of nitrogens with zero attached hydrogens (tertiary/aromatic N) is 3. The molecule has 3 aliphatic rings. The van der Waals surface area contributed by atoms with E-state index in [1.54, 1.807) is 25.1 Å². The van der Waals surface area contributed by atoms with Crippen LogP contribution in [0.3, 0.4) is 0 Å². The van der Waals surface area contributed by atoms with E-state index in [4.69, 9.17) is 27.6 Å². The lowest BCUT2D eigenvalue weighted by molar-refractivity contribution is -0.0712. The van der Waals surface area contributed by atoms with Gasteiger partial charge in [-0.15, -0.1) is 0 Å². The van der Waals surface area contributed by atoms with Crippen LogP contribution in [0.4, 0.5) is 4.39 Å². The van der Waals surface area contributed by atoms with Crippen LogP contribution in [0, 0.1) is 12.4 Å². The Morgan fingerprint density at radius 3 is 2.67 bits per heavy atom. The van der Waals surface area contributed by atoms with E-state index in [0.717, 1.165) is 55.6 Å². The molecule has 0 spiro atoms. The fourth-order valence-corrected chi connectivity index (χ4v) is 5.99. The Hall–Kier alpha value is -3.67. The largest absolute Gasteiger partial charge is 0.478 e. The van der Waals surface area contributed by atoms with E-state index in [0.29, 0.717) is 29.5 Å². The summed E-state index contributed by atoms with van der Waals surface area (Å²) in [6.45, 7) is 11.5. The number of carboxylic acid groups (broad SMARTS) is 1. The summed E-state index contributed by atoms with van der Waals surface area (Å²) in [5, 5.41) is 9.78. The van der Waals surface area contributed by atoms with Gasteiger partial charge in [0.05, 0.1) is 23.2 Å². The number of carboxylic acids is 1. The number of carbonyl (C=O) groups is 1. The molecule has 1 saturated heterocycles. The number of para-hydroxylation sites is 1. The summed E-state index contributed by atoms with van der Waals surface area (Å²) in [5.41, 5.74) is 2.79. The first-order chi connectivity index (χ1) is 19.2. The van der Waals surface area contributed by atoms with Crippen molar-refractivity contribution in [2.75, 3.05) is 13.1 Å². The Labute approximate surface area is 237 Å². The van der Waals surface area contributed by atoms with Crippen LogP contribution in [-0.2, 0) is 18.8 Å². The third-order valence-corrected chi connectivity index (χ3v) is 8.56. The van der Waals surface area contributed by atoms with E-state index in [9.17, 15) is 14.3 Å². The van der Waals surface area contributed by atoms with Crippen LogP contribution >= 0.6 is 11.6 Å². The Morgan fingerprint density at radius 2 is 2.00 bits per heavy atom. The molecule has 2 fully saturated rings. The summed E-state index contributed by atoms with van der Waals surface area (Å²) in [6.07, 6.45) is 5.42. The lowest BCUT2D eigenvalue weighted by Crippen LogP contribution is -2.34. The molecule has 2 aromatic carbocycles. The Balaban J connectivity index is 1.16. The highest BCUT2D eigenvalue weighted by Gasteiger charge is 2.51. The van der Waals surface area contributed by atoms with Gasteiger partial charge in [-0.3, -0.25) is 9.88 Å². The van der Waals surface area contributed by atoms with E-state index in [1.807, 2.05) is 12.1 Å². The van der Waals surface area contributed by atoms with Gasteiger partial charge in [0.1, 0.15) is 5.82 Å². The minimum atomic E-state index is -1.29. The number of ether oxygens (including phenoxy) is 2. The average Bonchev–Trinajstić information content (AvgIpc) is 3.61. The molecule has 6 rings (SSSR count). The zero-order chi connectivity index (χ0) is 28.1. The summed E-state index contributed by atoms with van der Waals surface area (Å²) in [7, 11) is 0. The van der Waals surface area contributed by atoms with E-state index >= 15 is 0 Å². The maximum atomic E-state index is 14.8. The van der Waals surface area contributed by atoms with Crippen molar-refractivity contribution in [2.24, 2.45) is 0 Å². The number of hydrogen-bond donors (Lipinski definition) is 1. The van der Waals surface area contributed by atoms with Crippen LogP contribution in [0.1, 0.15) is 71.3 Å². The van der Waals surface area contributed by atoms with Crippen molar-refractivity contribution < 1.29 is 23.8 Å².